The number of halogens is 3. The first-order valence-corrected chi connectivity index (χ1v) is 6.55. The van der Waals surface area contributed by atoms with Gasteiger partial charge < -0.3 is 10.2 Å². The number of hydrogen-bond acceptors (Lipinski definition) is 5. The minimum atomic E-state index is -4.87. The highest BCUT2D eigenvalue weighted by atomic mass is 32.2. The quantitative estimate of drug-likeness (QED) is 0.709. The highest BCUT2D eigenvalue weighted by molar-refractivity contribution is 8.00. The van der Waals surface area contributed by atoms with Gasteiger partial charge in [0.15, 0.2) is 0 Å². The van der Waals surface area contributed by atoms with Crippen molar-refractivity contribution in [1.82, 2.24) is 9.55 Å². The Morgan fingerprint density at radius 3 is 2.60 bits per heavy atom. The molecule has 112 valence electrons. The Morgan fingerprint density at radius 1 is 1.45 bits per heavy atom. The lowest BCUT2D eigenvalue weighted by molar-refractivity contribution is -0.139. The molecule has 2 unspecified atom stereocenters. The fraction of sp³-hybridized carbons (Fsp3) is 0.600. The summed E-state index contributed by atoms with van der Waals surface area (Å²) in [5.41, 5.74) is -3.95. The molecule has 10 heteroatoms. The molecule has 6 nitrogen and oxygen atoms in total. The average molecular weight is 312 g/mol. The second-order valence-electron chi connectivity index (χ2n) is 4.32. The van der Waals surface area contributed by atoms with E-state index in [0.29, 0.717) is 6.20 Å². The normalized spacial score (nSPS) is 26.9. The molecule has 2 rings (SSSR count). The lowest BCUT2D eigenvalue weighted by atomic mass is 10.2. The van der Waals surface area contributed by atoms with Crippen LogP contribution in [0.3, 0.4) is 0 Å². The molecular weight excluding hydrogens is 301 g/mol. The molecule has 1 aliphatic rings. The standard InChI is InChI=1S/C10H11F3N2O4S/c11-10(12,13)4-2-15(9(19)14-8(4)18)7-1-5(17)6(3-16)20-7/h2,5-7,16-17H,1,3H2,(H,14,18,19)/t5?,6?,7-/m1/s1. The van der Waals surface area contributed by atoms with Crippen molar-refractivity contribution in [1.29, 1.82) is 0 Å². The van der Waals surface area contributed by atoms with E-state index in [1.165, 1.54) is 0 Å². The number of aliphatic hydroxyl groups is 2. The Labute approximate surface area is 114 Å². The molecule has 1 aromatic rings. The summed E-state index contributed by atoms with van der Waals surface area (Å²) in [6.45, 7) is -0.355. The molecule has 0 aliphatic carbocycles. The highest BCUT2D eigenvalue weighted by Crippen LogP contribution is 2.40. The van der Waals surface area contributed by atoms with Crippen LogP contribution in [0, 0.1) is 0 Å². The first-order valence-electron chi connectivity index (χ1n) is 5.61. The molecule has 0 bridgehead atoms. The molecule has 1 saturated heterocycles. The second-order valence-corrected chi connectivity index (χ2v) is 5.74. The molecule has 1 fully saturated rings. The number of aromatic nitrogens is 2. The molecule has 0 spiro atoms. The third-order valence-corrected chi connectivity index (χ3v) is 4.51. The lowest BCUT2D eigenvalue weighted by Crippen LogP contribution is -2.35. The number of H-pyrrole nitrogens is 1. The van der Waals surface area contributed by atoms with E-state index < -0.39 is 39.7 Å². The zero-order valence-corrected chi connectivity index (χ0v) is 10.7. The van der Waals surface area contributed by atoms with Gasteiger partial charge >= 0.3 is 11.9 Å². The molecule has 0 saturated carbocycles. The van der Waals surface area contributed by atoms with Crippen LogP contribution in [0.2, 0.25) is 0 Å². The van der Waals surface area contributed by atoms with E-state index in [9.17, 15) is 27.9 Å². The number of aromatic amines is 1. The summed E-state index contributed by atoms with van der Waals surface area (Å²) in [6, 6.07) is 0. The van der Waals surface area contributed by atoms with Gasteiger partial charge in [-0.1, -0.05) is 0 Å². The van der Waals surface area contributed by atoms with Gasteiger partial charge in [-0.15, -0.1) is 11.8 Å². The Balaban J connectivity index is 2.43. The number of thioether (sulfide) groups is 1. The van der Waals surface area contributed by atoms with Crippen molar-refractivity contribution >= 4 is 11.8 Å². The number of aliphatic hydroxyl groups excluding tert-OH is 2. The molecule has 0 radical (unpaired) electrons. The summed E-state index contributed by atoms with van der Waals surface area (Å²) in [4.78, 5) is 24.4. The Morgan fingerprint density at radius 2 is 2.10 bits per heavy atom. The number of rotatable bonds is 2. The van der Waals surface area contributed by atoms with Gasteiger partial charge in [0.25, 0.3) is 5.56 Å². The molecule has 1 aromatic heterocycles. The van der Waals surface area contributed by atoms with Gasteiger partial charge in [-0.05, 0) is 0 Å². The molecule has 20 heavy (non-hydrogen) atoms. The van der Waals surface area contributed by atoms with Crippen molar-refractivity contribution in [2.75, 3.05) is 6.61 Å². The van der Waals surface area contributed by atoms with Crippen LogP contribution in [0.25, 0.3) is 0 Å². The summed E-state index contributed by atoms with van der Waals surface area (Å²) in [7, 11) is 0. The fourth-order valence-corrected chi connectivity index (χ4v) is 3.33. The maximum absolute atomic E-state index is 12.6. The first-order chi connectivity index (χ1) is 9.24. The molecule has 0 amide bonds. The average Bonchev–Trinajstić information content (AvgIpc) is 2.68. The van der Waals surface area contributed by atoms with Gasteiger partial charge in [-0.3, -0.25) is 14.3 Å². The topological polar surface area (TPSA) is 95.3 Å². The minimum absolute atomic E-state index is 0.0130. The lowest BCUT2D eigenvalue weighted by Gasteiger charge is -2.15. The van der Waals surface area contributed by atoms with Crippen LogP contribution in [0.5, 0.6) is 0 Å². The molecule has 3 atom stereocenters. The predicted molar refractivity (Wildman–Crippen MR) is 64.5 cm³/mol. The van der Waals surface area contributed by atoms with Gasteiger partial charge in [0.1, 0.15) is 5.56 Å². The predicted octanol–water partition coefficient (Wildman–Crippen LogP) is -0.0873. The summed E-state index contributed by atoms with van der Waals surface area (Å²) in [6.07, 6.45) is -5.34. The third kappa shape index (κ3) is 2.76. The fourth-order valence-electron chi connectivity index (χ4n) is 1.95. The summed E-state index contributed by atoms with van der Waals surface area (Å²) < 4.78 is 38.6. The van der Waals surface area contributed by atoms with Gasteiger partial charge in [-0.25, -0.2) is 4.79 Å². The van der Waals surface area contributed by atoms with Crippen molar-refractivity contribution < 1.29 is 23.4 Å². The van der Waals surface area contributed by atoms with Gasteiger partial charge in [-0.2, -0.15) is 13.2 Å². The zero-order chi connectivity index (χ0) is 15.1. The van der Waals surface area contributed by atoms with Gasteiger partial charge in [0.05, 0.1) is 23.3 Å². The maximum atomic E-state index is 12.6. The van der Waals surface area contributed by atoms with Gasteiger partial charge in [0, 0.05) is 12.6 Å². The summed E-state index contributed by atoms with van der Waals surface area (Å²) in [5.74, 6) is 0. The SMILES string of the molecule is O=c1[nH]c(=O)n([C@H]2CC(O)C(CO)S2)cc1C(F)(F)F. The van der Waals surface area contributed by atoms with Crippen LogP contribution in [-0.4, -0.2) is 37.7 Å². The van der Waals surface area contributed by atoms with Crippen molar-refractivity contribution in [3.05, 3.63) is 32.6 Å². The second kappa shape index (κ2) is 5.26. The number of hydrogen-bond donors (Lipinski definition) is 3. The third-order valence-electron chi connectivity index (χ3n) is 2.97. The number of nitrogens with one attached hydrogen (secondary N) is 1. The Hall–Kier alpha value is -1.26. The minimum Gasteiger partial charge on any atom is -0.395 e. The van der Waals surface area contributed by atoms with E-state index in [2.05, 4.69) is 0 Å². The smallest absolute Gasteiger partial charge is 0.395 e. The maximum Gasteiger partial charge on any atom is 0.423 e. The summed E-state index contributed by atoms with van der Waals surface area (Å²) >= 11 is 0.985. The Kier molecular flexibility index (Phi) is 3.98. The van der Waals surface area contributed by atoms with Crippen LogP contribution in [0.15, 0.2) is 15.8 Å². The highest BCUT2D eigenvalue weighted by Gasteiger charge is 2.38. The van der Waals surface area contributed by atoms with Crippen LogP contribution in [0.4, 0.5) is 13.2 Å². The summed E-state index contributed by atoms with van der Waals surface area (Å²) in [5, 5.41) is 17.3. The molecule has 3 N–H and O–H groups in total. The van der Waals surface area contributed by atoms with Crippen molar-refractivity contribution in [2.24, 2.45) is 0 Å². The van der Waals surface area contributed by atoms with Crippen LogP contribution in [-0.2, 0) is 6.18 Å². The van der Waals surface area contributed by atoms with E-state index in [-0.39, 0.29) is 13.0 Å². The molecule has 2 heterocycles. The first kappa shape index (κ1) is 15.1. The van der Waals surface area contributed by atoms with E-state index in [1.807, 2.05) is 0 Å². The van der Waals surface area contributed by atoms with E-state index >= 15 is 0 Å². The monoisotopic (exact) mass is 312 g/mol. The molecule has 0 aromatic carbocycles. The number of alkyl halides is 3. The van der Waals surface area contributed by atoms with Gasteiger partial charge in [0.2, 0.25) is 0 Å². The van der Waals surface area contributed by atoms with Crippen LogP contribution < -0.4 is 11.2 Å². The number of nitrogens with zero attached hydrogens (tertiary/aromatic N) is 1. The Bertz CT molecular complexity index is 612. The molecular formula is C10H11F3N2O4S. The van der Waals surface area contributed by atoms with E-state index in [1.54, 1.807) is 4.98 Å². The van der Waals surface area contributed by atoms with Crippen LogP contribution in [0.1, 0.15) is 17.4 Å². The zero-order valence-electron chi connectivity index (χ0n) is 9.92. The largest absolute Gasteiger partial charge is 0.423 e. The van der Waals surface area contributed by atoms with E-state index in [0.717, 1.165) is 16.3 Å². The van der Waals surface area contributed by atoms with Crippen LogP contribution >= 0.6 is 11.8 Å². The van der Waals surface area contributed by atoms with E-state index in [4.69, 9.17) is 5.11 Å². The van der Waals surface area contributed by atoms with Crippen molar-refractivity contribution in [2.45, 2.75) is 29.3 Å². The van der Waals surface area contributed by atoms with Crippen molar-refractivity contribution in [3.8, 4) is 0 Å². The molecule has 1 aliphatic heterocycles. The van der Waals surface area contributed by atoms with Crippen molar-refractivity contribution in [3.63, 3.8) is 0 Å².